The van der Waals surface area contributed by atoms with Crippen molar-refractivity contribution in [1.82, 2.24) is 4.90 Å². The fourth-order valence-electron chi connectivity index (χ4n) is 3.64. The third kappa shape index (κ3) is 2.89. The Balaban J connectivity index is 1.85. The summed E-state index contributed by atoms with van der Waals surface area (Å²) in [6, 6.07) is 16.5. The van der Waals surface area contributed by atoms with Gasteiger partial charge in [0.25, 0.3) is 0 Å². The number of nitrogens with zero attached hydrogens (tertiary/aromatic N) is 2. The number of amides is 1. The normalized spacial score (nSPS) is 21.0. The second-order valence-corrected chi connectivity index (χ2v) is 6.77. The summed E-state index contributed by atoms with van der Waals surface area (Å²) < 4.78 is 0. The molecule has 6 nitrogen and oxygen atoms in total. The molecule has 2 aliphatic rings. The van der Waals surface area contributed by atoms with Gasteiger partial charge in [-0.25, -0.2) is 0 Å². The number of allylic oxidation sites excluding steroid dienone is 1. The van der Waals surface area contributed by atoms with Gasteiger partial charge in [-0.05, 0) is 22.8 Å². The Morgan fingerprint density at radius 3 is 2.43 bits per heavy atom. The molecule has 0 saturated heterocycles. The van der Waals surface area contributed by atoms with E-state index < -0.39 is 11.4 Å². The minimum atomic E-state index is -1.03. The van der Waals surface area contributed by atoms with Gasteiger partial charge in [0.2, 0.25) is 5.91 Å². The number of hydrogen-bond acceptors (Lipinski definition) is 4. The van der Waals surface area contributed by atoms with Crippen LogP contribution in [0.4, 0.5) is 0 Å². The highest BCUT2D eigenvalue weighted by molar-refractivity contribution is 6.12. The molecule has 2 N–H and O–H groups in total. The van der Waals surface area contributed by atoms with Gasteiger partial charge in [0.15, 0.2) is 0 Å². The van der Waals surface area contributed by atoms with Crippen molar-refractivity contribution in [3.05, 3.63) is 95.4 Å². The molecule has 4 rings (SSSR count). The minimum Gasteiger partial charge on any atom is -0.508 e. The summed E-state index contributed by atoms with van der Waals surface area (Å²) in [5.41, 5.74) is 1.18. The third-order valence-corrected chi connectivity index (χ3v) is 5.05. The van der Waals surface area contributed by atoms with Crippen LogP contribution in [0.2, 0.25) is 0 Å². The van der Waals surface area contributed by atoms with Gasteiger partial charge in [-0.15, -0.1) is 0 Å². The molecule has 0 spiro atoms. The third-order valence-electron chi connectivity index (χ3n) is 5.05. The lowest BCUT2D eigenvalue weighted by Gasteiger charge is -2.40. The molecule has 140 valence electrons. The number of carbonyl (C=O) groups excluding carboxylic acids is 1. The Morgan fingerprint density at radius 1 is 1.07 bits per heavy atom. The highest BCUT2D eigenvalue weighted by atomic mass is 16.4. The number of aliphatic hydroxyl groups is 1. The standard InChI is InChI=1S/C22H18N2O4/c25-18-10-11-24-19(13-18)23-14-22(21(24)28,16-4-2-1-3-5-16)17-8-6-15(7-9-17)12-20(26)27/h1-11,13,25H,12,14H2,(H,26,27). The van der Waals surface area contributed by atoms with Crippen LogP contribution in [0, 0.1) is 0 Å². The van der Waals surface area contributed by atoms with Crippen LogP contribution in [0.1, 0.15) is 16.7 Å². The molecule has 28 heavy (non-hydrogen) atoms. The molecule has 0 aromatic heterocycles. The van der Waals surface area contributed by atoms with Gasteiger partial charge < -0.3 is 10.2 Å². The second-order valence-electron chi connectivity index (χ2n) is 6.77. The van der Waals surface area contributed by atoms with Crippen LogP contribution in [-0.4, -0.2) is 39.4 Å². The van der Waals surface area contributed by atoms with Crippen molar-refractivity contribution in [2.24, 2.45) is 4.99 Å². The lowest BCUT2D eigenvalue weighted by atomic mass is 9.72. The first-order valence-electron chi connectivity index (χ1n) is 8.84. The number of amidine groups is 1. The molecule has 0 radical (unpaired) electrons. The molecule has 2 aromatic carbocycles. The average molecular weight is 374 g/mol. The van der Waals surface area contributed by atoms with Crippen LogP contribution >= 0.6 is 0 Å². The van der Waals surface area contributed by atoms with Crippen molar-refractivity contribution in [1.29, 1.82) is 0 Å². The Hall–Kier alpha value is -3.67. The predicted octanol–water partition coefficient (Wildman–Crippen LogP) is 2.81. The van der Waals surface area contributed by atoms with Gasteiger partial charge in [-0.2, -0.15) is 0 Å². The molecule has 1 atom stereocenters. The van der Waals surface area contributed by atoms with Crippen molar-refractivity contribution in [2.45, 2.75) is 11.8 Å². The summed E-state index contributed by atoms with van der Waals surface area (Å²) >= 11 is 0. The summed E-state index contributed by atoms with van der Waals surface area (Å²) in [6.45, 7) is 0.192. The number of carboxylic acids is 1. The molecule has 0 saturated carbocycles. The molecule has 1 amide bonds. The maximum absolute atomic E-state index is 13.6. The number of rotatable bonds is 4. The number of benzene rings is 2. The van der Waals surface area contributed by atoms with Crippen LogP contribution in [0.3, 0.4) is 0 Å². The molecule has 0 aliphatic carbocycles. The van der Waals surface area contributed by atoms with Crippen molar-refractivity contribution in [3.63, 3.8) is 0 Å². The number of fused-ring (bicyclic) bond motifs is 1. The lowest BCUT2D eigenvalue weighted by Crippen LogP contribution is -2.53. The number of carbonyl (C=O) groups is 2. The molecular formula is C22H18N2O4. The van der Waals surface area contributed by atoms with Gasteiger partial charge in [0, 0.05) is 12.3 Å². The van der Waals surface area contributed by atoms with Crippen LogP contribution in [-0.2, 0) is 21.4 Å². The van der Waals surface area contributed by atoms with E-state index in [1.807, 2.05) is 30.3 Å². The van der Waals surface area contributed by atoms with Gasteiger partial charge in [-0.1, -0.05) is 54.6 Å². The van der Waals surface area contributed by atoms with Crippen LogP contribution in [0.15, 0.2) is 83.7 Å². The highest BCUT2D eigenvalue weighted by Gasteiger charge is 2.48. The molecule has 1 unspecified atom stereocenters. The van der Waals surface area contributed by atoms with E-state index in [0.717, 1.165) is 11.1 Å². The fraction of sp³-hybridized carbons (Fsp3) is 0.136. The monoisotopic (exact) mass is 374 g/mol. The van der Waals surface area contributed by atoms with E-state index in [1.165, 1.54) is 23.3 Å². The minimum absolute atomic E-state index is 0.0491. The molecule has 2 aromatic rings. The van der Waals surface area contributed by atoms with Crippen molar-refractivity contribution < 1.29 is 19.8 Å². The van der Waals surface area contributed by atoms with Crippen LogP contribution in [0.5, 0.6) is 0 Å². The number of aliphatic imine (C=N–C) groups is 1. The zero-order chi connectivity index (χ0) is 19.7. The van der Waals surface area contributed by atoms with E-state index in [0.29, 0.717) is 11.4 Å². The summed E-state index contributed by atoms with van der Waals surface area (Å²) in [7, 11) is 0. The quantitative estimate of drug-likeness (QED) is 0.861. The topological polar surface area (TPSA) is 90.2 Å². The van der Waals surface area contributed by atoms with Gasteiger partial charge >= 0.3 is 5.97 Å². The predicted molar refractivity (Wildman–Crippen MR) is 104 cm³/mol. The van der Waals surface area contributed by atoms with Gasteiger partial charge in [0.1, 0.15) is 17.0 Å². The van der Waals surface area contributed by atoms with Crippen molar-refractivity contribution in [2.75, 3.05) is 6.54 Å². The fourth-order valence-corrected chi connectivity index (χ4v) is 3.64. The summed E-state index contributed by atoms with van der Waals surface area (Å²) in [6.07, 6.45) is 4.36. The van der Waals surface area contributed by atoms with Crippen molar-refractivity contribution >= 4 is 17.7 Å². The molecular weight excluding hydrogens is 356 g/mol. The first-order valence-corrected chi connectivity index (χ1v) is 8.84. The second kappa shape index (κ2) is 6.81. The van der Waals surface area contributed by atoms with E-state index in [1.54, 1.807) is 24.3 Å². The molecule has 6 heteroatoms. The van der Waals surface area contributed by atoms with E-state index in [-0.39, 0.29) is 24.6 Å². The Kier molecular flexibility index (Phi) is 4.31. The largest absolute Gasteiger partial charge is 0.508 e. The molecule has 2 heterocycles. The summed E-state index contributed by atoms with van der Waals surface area (Å²) in [4.78, 5) is 30.6. The van der Waals surface area contributed by atoms with Crippen LogP contribution in [0.25, 0.3) is 0 Å². The SMILES string of the molecule is O=C(O)Cc1ccc(C2(c3ccccc3)CN=C3C=C(O)C=CN3C2=O)cc1. The number of carboxylic acid groups (broad SMARTS) is 1. The Morgan fingerprint density at radius 2 is 1.75 bits per heavy atom. The average Bonchev–Trinajstić information content (AvgIpc) is 2.69. The van der Waals surface area contributed by atoms with E-state index in [4.69, 9.17) is 5.11 Å². The molecule has 2 aliphatic heterocycles. The zero-order valence-electron chi connectivity index (χ0n) is 14.9. The first-order chi connectivity index (χ1) is 13.5. The number of aliphatic hydroxyl groups excluding tert-OH is 1. The zero-order valence-corrected chi connectivity index (χ0v) is 14.9. The first kappa shape index (κ1) is 17.7. The maximum atomic E-state index is 13.6. The van der Waals surface area contributed by atoms with Gasteiger partial charge in [-0.3, -0.25) is 19.5 Å². The molecule has 0 bridgehead atoms. The maximum Gasteiger partial charge on any atom is 0.307 e. The van der Waals surface area contributed by atoms with E-state index in [9.17, 15) is 14.7 Å². The van der Waals surface area contributed by atoms with Gasteiger partial charge in [0.05, 0.1) is 13.0 Å². The smallest absolute Gasteiger partial charge is 0.307 e. The van der Waals surface area contributed by atoms with Crippen LogP contribution < -0.4 is 0 Å². The van der Waals surface area contributed by atoms with Crippen molar-refractivity contribution in [3.8, 4) is 0 Å². The number of hydrogen-bond donors (Lipinski definition) is 2. The summed E-state index contributed by atoms with van der Waals surface area (Å²) in [5, 5.41) is 18.7. The number of aliphatic carboxylic acids is 1. The summed E-state index contributed by atoms with van der Waals surface area (Å²) in [5.74, 6) is -0.625. The lowest BCUT2D eigenvalue weighted by molar-refractivity contribution is -0.136. The van der Waals surface area contributed by atoms with E-state index >= 15 is 0 Å². The van der Waals surface area contributed by atoms with E-state index in [2.05, 4.69) is 4.99 Å². The Labute approximate surface area is 161 Å². The Bertz CT molecular complexity index is 1020. The molecule has 0 fully saturated rings. The highest BCUT2D eigenvalue weighted by Crippen LogP contribution is 2.38.